The summed E-state index contributed by atoms with van der Waals surface area (Å²) in [6.45, 7) is 3.70. The number of methoxy groups -OCH3 is 1. The summed E-state index contributed by atoms with van der Waals surface area (Å²) in [7, 11) is 1.59. The van der Waals surface area contributed by atoms with Gasteiger partial charge in [0.1, 0.15) is 17.0 Å². The molecule has 2 aliphatic carbocycles. The molecule has 2 heterocycles. The van der Waals surface area contributed by atoms with Crippen LogP contribution in [0.4, 0.5) is 5.69 Å². The zero-order valence-corrected chi connectivity index (χ0v) is 21.0. The van der Waals surface area contributed by atoms with Gasteiger partial charge in [0.2, 0.25) is 11.8 Å². The molecule has 0 unspecified atom stereocenters. The molecule has 8 heteroatoms. The Morgan fingerprint density at radius 3 is 2.40 bits per heavy atom. The smallest absolute Gasteiger partial charge is 0.273 e. The number of benzene rings is 1. The van der Waals surface area contributed by atoms with E-state index in [2.05, 4.69) is 10.6 Å². The van der Waals surface area contributed by atoms with Crippen molar-refractivity contribution in [3.05, 3.63) is 23.9 Å². The number of ether oxygens (including phenoxy) is 1. The average molecular weight is 481 g/mol. The molecule has 1 atom stereocenters. The van der Waals surface area contributed by atoms with E-state index in [0.29, 0.717) is 23.7 Å². The maximum absolute atomic E-state index is 14.3. The number of carbonyl (C=O) groups excluding carboxylic acids is 3. The maximum atomic E-state index is 14.3. The summed E-state index contributed by atoms with van der Waals surface area (Å²) in [6, 6.07) is 5.77. The Kier molecular flexibility index (Phi) is 6.23. The van der Waals surface area contributed by atoms with E-state index in [9.17, 15) is 14.4 Å². The van der Waals surface area contributed by atoms with Gasteiger partial charge in [-0.2, -0.15) is 0 Å². The van der Waals surface area contributed by atoms with Crippen LogP contribution >= 0.6 is 0 Å². The highest BCUT2D eigenvalue weighted by Crippen LogP contribution is 2.42. The van der Waals surface area contributed by atoms with Crippen molar-refractivity contribution in [2.24, 2.45) is 0 Å². The molecular formula is C27H36N4O4. The topological polar surface area (TPSA) is 92.7 Å². The number of fused-ring (bicyclic) bond motifs is 3. The van der Waals surface area contributed by atoms with E-state index in [1.165, 1.54) is 6.92 Å². The van der Waals surface area contributed by atoms with Crippen LogP contribution in [0, 0.1) is 0 Å². The molecule has 3 aliphatic rings. The predicted octanol–water partition coefficient (Wildman–Crippen LogP) is 4.21. The van der Waals surface area contributed by atoms with Crippen LogP contribution in [0.5, 0.6) is 5.75 Å². The highest BCUT2D eigenvalue weighted by atomic mass is 16.5. The molecule has 1 aromatic heterocycles. The van der Waals surface area contributed by atoms with Gasteiger partial charge < -0.3 is 24.8 Å². The largest absolute Gasteiger partial charge is 0.497 e. The fourth-order valence-electron chi connectivity index (χ4n) is 6.37. The van der Waals surface area contributed by atoms with Crippen molar-refractivity contribution in [3.8, 4) is 5.75 Å². The fourth-order valence-corrected chi connectivity index (χ4v) is 6.37. The third-order valence-electron chi connectivity index (χ3n) is 8.11. The maximum Gasteiger partial charge on any atom is 0.273 e. The van der Waals surface area contributed by atoms with Gasteiger partial charge in [-0.1, -0.05) is 32.1 Å². The van der Waals surface area contributed by atoms with Crippen molar-refractivity contribution < 1.29 is 19.1 Å². The van der Waals surface area contributed by atoms with Crippen LogP contribution in [-0.2, 0) is 16.1 Å². The van der Waals surface area contributed by atoms with E-state index in [-0.39, 0.29) is 29.8 Å². The number of carbonyl (C=O) groups is 3. The molecule has 2 saturated carbocycles. The number of hydrogen-bond donors (Lipinski definition) is 2. The highest BCUT2D eigenvalue weighted by molar-refractivity contribution is 6.14. The van der Waals surface area contributed by atoms with Gasteiger partial charge in [-0.05, 0) is 50.8 Å². The SMILES string of the molecule is COc1ccc2c(c1)c(NC(C)=O)c1n2C[C@](C)(C(=O)NC2CCCC2)N(C2CCCCC2)C1=O. The van der Waals surface area contributed by atoms with E-state index < -0.39 is 5.54 Å². The molecule has 2 fully saturated rings. The molecule has 0 bridgehead atoms. The van der Waals surface area contributed by atoms with Crippen LogP contribution in [0.1, 0.15) is 82.1 Å². The molecular weight excluding hydrogens is 444 g/mol. The lowest BCUT2D eigenvalue weighted by atomic mass is 9.86. The van der Waals surface area contributed by atoms with Crippen LogP contribution in [0.3, 0.4) is 0 Å². The van der Waals surface area contributed by atoms with Gasteiger partial charge in [0.15, 0.2) is 0 Å². The van der Waals surface area contributed by atoms with Crippen LogP contribution in [-0.4, -0.2) is 51.9 Å². The first-order valence-electron chi connectivity index (χ1n) is 13.0. The molecule has 0 saturated heterocycles. The minimum atomic E-state index is -1.02. The van der Waals surface area contributed by atoms with Gasteiger partial charge in [0.05, 0.1) is 24.9 Å². The van der Waals surface area contributed by atoms with E-state index in [4.69, 9.17) is 4.74 Å². The van der Waals surface area contributed by atoms with Gasteiger partial charge in [-0.25, -0.2) is 0 Å². The van der Waals surface area contributed by atoms with E-state index in [0.717, 1.165) is 68.7 Å². The summed E-state index contributed by atoms with van der Waals surface area (Å²) in [5.74, 6) is 0.134. The van der Waals surface area contributed by atoms with Gasteiger partial charge in [-0.3, -0.25) is 14.4 Å². The van der Waals surface area contributed by atoms with Gasteiger partial charge >= 0.3 is 0 Å². The monoisotopic (exact) mass is 480 g/mol. The van der Waals surface area contributed by atoms with E-state index in [1.54, 1.807) is 7.11 Å². The molecule has 1 aliphatic heterocycles. The number of amides is 3. The van der Waals surface area contributed by atoms with Crippen LogP contribution in [0.15, 0.2) is 18.2 Å². The number of anilines is 1. The predicted molar refractivity (Wildman–Crippen MR) is 135 cm³/mol. The van der Waals surface area contributed by atoms with Crippen molar-refractivity contribution in [1.82, 2.24) is 14.8 Å². The summed E-state index contributed by atoms with van der Waals surface area (Å²) < 4.78 is 7.36. The third kappa shape index (κ3) is 4.06. The number of rotatable bonds is 5. The van der Waals surface area contributed by atoms with Gasteiger partial charge in [0.25, 0.3) is 5.91 Å². The highest BCUT2D eigenvalue weighted by Gasteiger charge is 2.52. The Bertz CT molecular complexity index is 1160. The van der Waals surface area contributed by atoms with Crippen molar-refractivity contribution in [3.63, 3.8) is 0 Å². The average Bonchev–Trinajstić information content (AvgIpc) is 3.45. The first-order chi connectivity index (χ1) is 16.8. The van der Waals surface area contributed by atoms with Gasteiger partial charge in [-0.15, -0.1) is 0 Å². The lowest BCUT2D eigenvalue weighted by Crippen LogP contribution is -2.67. The van der Waals surface area contributed by atoms with Gasteiger partial charge in [0, 0.05) is 24.4 Å². The second-order valence-electron chi connectivity index (χ2n) is 10.6. The van der Waals surface area contributed by atoms with Crippen molar-refractivity contribution >= 4 is 34.3 Å². The third-order valence-corrected chi connectivity index (χ3v) is 8.11. The van der Waals surface area contributed by atoms with E-state index >= 15 is 0 Å². The molecule has 1 aromatic carbocycles. The molecule has 3 amide bonds. The molecule has 2 N–H and O–H groups in total. The lowest BCUT2D eigenvalue weighted by Gasteiger charge is -2.49. The number of aromatic nitrogens is 1. The summed E-state index contributed by atoms with van der Waals surface area (Å²) in [4.78, 5) is 42.3. The van der Waals surface area contributed by atoms with E-state index in [1.807, 2.05) is 34.6 Å². The first-order valence-corrected chi connectivity index (χ1v) is 13.0. The first kappa shape index (κ1) is 23.7. The van der Waals surface area contributed by atoms with Crippen LogP contribution in [0.25, 0.3) is 10.9 Å². The molecule has 35 heavy (non-hydrogen) atoms. The number of hydrogen-bond acceptors (Lipinski definition) is 4. The fraction of sp³-hybridized carbons (Fsp3) is 0.593. The second-order valence-corrected chi connectivity index (χ2v) is 10.6. The summed E-state index contributed by atoms with van der Waals surface area (Å²) in [5.41, 5.74) is 0.727. The Morgan fingerprint density at radius 2 is 1.74 bits per heavy atom. The summed E-state index contributed by atoms with van der Waals surface area (Å²) >= 11 is 0. The minimum Gasteiger partial charge on any atom is -0.497 e. The zero-order chi connectivity index (χ0) is 24.7. The quantitative estimate of drug-likeness (QED) is 0.670. The summed E-state index contributed by atoms with van der Waals surface area (Å²) in [5, 5.41) is 6.93. The Hall–Kier alpha value is -3.03. The number of nitrogens with one attached hydrogen (secondary N) is 2. The lowest BCUT2D eigenvalue weighted by molar-refractivity contribution is -0.135. The molecule has 8 nitrogen and oxygen atoms in total. The Labute approximate surface area is 206 Å². The second kappa shape index (κ2) is 9.21. The normalized spacial score (nSPS) is 23.4. The Balaban J connectivity index is 1.66. The van der Waals surface area contributed by atoms with Crippen molar-refractivity contribution in [1.29, 1.82) is 0 Å². The number of nitrogens with zero attached hydrogens (tertiary/aromatic N) is 2. The minimum absolute atomic E-state index is 0.00190. The Morgan fingerprint density at radius 1 is 1.06 bits per heavy atom. The molecule has 188 valence electrons. The van der Waals surface area contributed by atoms with Crippen LogP contribution in [0.2, 0.25) is 0 Å². The molecule has 0 radical (unpaired) electrons. The summed E-state index contributed by atoms with van der Waals surface area (Å²) in [6.07, 6.45) is 9.26. The zero-order valence-electron chi connectivity index (χ0n) is 21.0. The molecule has 2 aromatic rings. The van der Waals surface area contributed by atoms with Crippen LogP contribution < -0.4 is 15.4 Å². The molecule has 5 rings (SSSR count). The molecule has 0 spiro atoms. The van der Waals surface area contributed by atoms with Crippen molar-refractivity contribution in [2.75, 3.05) is 12.4 Å². The standard InChI is InChI=1S/C27H36N4O4/c1-17(32)28-23-21-15-20(35-3)13-14-22(21)30-16-27(2,26(34)29-18-9-7-8-10-18)31(25(33)24(23)30)19-11-5-4-6-12-19/h13-15,18-19H,4-12,16H2,1-3H3,(H,28,32)(H,29,34)/t27-/m1/s1. The van der Waals surface area contributed by atoms with Crippen molar-refractivity contribution in [2.45, 2.75) is 95.8 Å².